The Morgan fingerprint density at radius 2 is 2.11 bits per heavy atom. The summed E-state index contributed by atoms with van der Waals surface area (Å²) in [6.07, 6.45) is 3.47. The van der Waals surface area contributed by atoms with Crippen LogP contribution in [0.25, 0.3) is 0 Å². The predicted molar refractivity (Wildman–Crippen MR) is 68.2 cm³/mol. The van der Waals surface area contributed by atoms with E-state index in [2.05, 4.69) is 10.4 Å². The van der Waals surface area contributed by atoms with Gasteiger partial charge in [0.1, 0.15) is 17.7 Å². The van der Waals surface area contributed by atoms with Crippen molar-refractivity contribution in [3.8, 4) is 0 Å². The van der Waals surface area contributed by atoms with E-state index in [1.54, 1.807) is 12.4 Å². The summed E-state index contributed by atoms with van der Waals surface area (Å²) >= 11 is 0. The number of hydrazine groups is 1. The predicted octanol–water partition coefficient (Wildman–Crippen LogP) is 1.73. The van der Waals surface area contributed by atoms with Gasteiger partial charge in [0.05, 0.1) is 0 Å². The number of nitrogens with zero attached hydrogens (tertiary/aromatic N) is 2. The fraction of sp³-hybridized carbons (Fsp3) is 0.308. The molecule has 18 heavy (non-hydrogen) atoms. The number of rotatable bonds is 3. The molecule has 96 valence electrons. The minimum atomic E-state index is -0.453. The minimum Gasteiger partial charge on any atom is -0.336 e. The highest BCUT2D eigenvalue weighted by atomic mass is 19.1. The average molecular weight is 248 g/mol. The molecule has 2 aromatic rings. The van der Waals surface area contributed by atoms with Crippen molar-refractivity contribution in [1.29, 1.82) is 0 Å². The summed E-state index contributed by atoms with van der Waals surface area (Å²) in [5.41, 5.74) is 4.93. The molecule has 1 heterocycles. The molecule has 0 radical (unpaired) electrons. The first kappa shape index (κ1) is 12.7. The molecule has 0 aliphatic rings. The monoisotopic (exact) mass is 248 g/mol. The quantitative estimate of drug-likeness (QED) is 0.642. The minimum absolute atomic E-state index is 0.265. The number of hydrogen-bond donors (Lipinski definition) is 2. The zero-order valence-electron chi connectivity index (χ0n) is 10.7. The Hall–Kier alpha value is -1.72. The molecule has 1 aromatic carbocycles. The molecule has 3 N–H and O–H groups in total. The summed E-state index contributed by atoms with van der Waals surface area (Å²) in [7, 11) is 1.86. The molecule has 0 aliphatic heterocycles. The summed E-state index contributed by atoms with van der Waals surface area (Å²) < 4.78 is 16.0. The standard InChI is InChI=1S/C13H17FN4/c1-8-6-9(2)11(10(14)7-8)12(17-15)13-16-4-5-18(13)3/h4-7,12,17H,15H2,1-3H3. The van der Waals surface area contributed by atoms with Crippen LogP contribution in [0.15, 0.2) is 24.5 Å². The van der Waals surface area contributed by atoms with Crippen LogP contribution in [-0.4, -0.2) is 9.55 Å². The zero-order chi connectivity index (χ0) is 13.3. The first-order chi connectivity index (χ1) is 8.54. The number of nitrogens with two attached hydrogens (primary N) is 1. The van der Waals surface area contributed by atoms with Gasteiger partial charge in [-0.1, -0.05) is 6.07 Å². The third-order valence-electron chi connectivity index (χ3n) is 3.05. The molecule has 0 saturated carbocycles. The Kier molecular flexibility index (Phi) is 3.45. The summed E-state index contributed by atoms with van der Waals surface area (Å²) in [4.78, 5) is 4.22. The van der Waals surface area contributed by atoms with Crippen molar-refractivity contribution in [3.05, 3.63) is 52.9 Å². The second kappa shape index (κ2) is 4.88. The van der Waals surface area contributed by atoms with Crippen LogP contribution in [0.1, 0.15) is 28.6 Å². The zero-order valence-corrected chi connectivity index (χ0v) is 10.7. The third kappa shape index (κ3) is 2.14. The van der Waals surface area contributed by atoms with E-state index < -0.39 is 6.04 Å². The van der Waals surface area contributed by atoms with Gasteiger partial charge in [-0.05, 0) is 31.0 Å². The first-order valence-electron chi connectivity index (χ1n) is 5.74. The van der Waals surface area contributed by atoms with Gasteiger partial charge in [-0.25, -0.2) is 14.8 Å². The maximum absolute atomic E-state index is 14.1. The molecule has 1 atom stereocenters. The van der Waals surface area contributed by atoms with Gasteiger partial charge in [0.15, 0.2) is 0 Å². The second-order valence-corrected chi connectivity index (χ2v) is 4.47. The van der Waals surface area contributed by atoms with E-state index in [1.807, 2.05) is 31.5 Å². The van der Waals surface area contributed by atoms with Gasteiger partial charge in [-0.15, -0.1) is 0 Å². The lowest BCUT2D eigenvalue weighted by Gasteiger charge is -2.19. The summed E-state index contributed by atoms with van der Waals surface area (Å²) in [6, 6.07) is 2.99. The lowest BCUT2D eigenvalue weighted by Crippen LogP contribution is -2.32. The van der Waals surface area contributed by atoms with E-state index in [-0.39, 0.29) is 5.82 Å². The van der Waals surface area contributed by atoms with Gasteiger partial charge in [0.25, 0.3) is 0 Å². The Bertz CT molecular complexity index is 539. The lowest BCUT2D eigenvalue weighted by atomic mass is 9.98. The summed E-state index contributed by atoms with van der Waals surface area (Å²) in [6.45, 7) is 3.74. The molecule has 0 amide bonds. The molecule has 0 aliphatic carbocycles. The number of nitrogens with one attached hydrogen (secondary N) is 1. The SMILES string of the molecule is Cc1cc(C)c(C(NN)c2nccn2C)c(F)c1. The fourth-order valence-corrected chi connectivity index (χ4v) is 2.23. The number of hydrogen-bond acceptors (Lipinski definition) is 3. The Balaban J connectivity index is 2.56. The molecular weight excluding hydrogens is 231 g/mol. The van der Waals surface area contributed by atoms with Crippen LogP contribution in [0.5, 0.6) is 0 Å². The van der Waals surface area contributed by atoms with Gasteiger partial charge in [0.2, 0.25) is 0 Å². The van der Waals surface area contributed by atoms with Crippen molar-refractivity contribution < 1.29 is 4.39 Å². The number of imidazole rings is 1. The van der Waals surface area contributed by atoms with Crippen LogP contribution >= 0.6 is 0 Å². The Labute approximate surface area is 106 Å². The van der Waals surface area contributed by atoms with E-state index in [1.165, 1.54) is 6.07 Å². The Morgan fingerprint density at radius 1 is 1.39 bits per heavy atom. The van der Waals surface area contributed by atoms with E-state index >= 15 is 0 Å². The second-order valence-electron chi connectivity index (χ2n) is 4.47. The molecule has 0 spiro atoms. The third-order valence-corrected chi connectivity index (χ3v) is 3.05. The van der Waals surface area contributed by atoms with Gasteiger partial charge in [-0.2, -0.15) is 0 Å². The molecule has 2 rings (SSSR count). The summed E-state index contributed by atoms with van der Waals surface area (Å²) in [5.74, 6) is 5.99. The maximum atomic E-state index is 14.1. The van der Waals surface area contributed by atoms with E-state index in [0.29, 0.717) is 11.4 Å². The Morgan fingerprint density at radius 3 is 2.61 bits per heavy atom. The fourth-order valence-electron chi connectivity index (χ4n) is 2.23. The molecule has 4 nitrogen and oxygen atoms in total. The molecule has 0 saturated heterocycles. The smallest absolute Gasteiger partial charge is 0.131 e. The van der Waals surface area contributed by atoms with Crippen LogP contribution in [-0.2, 0) is 7.05 Å². The van der Waals surface area contributed by atoms with Crippen molar-refractivity contribution in [1.82, 2.24) is 15.0 Å². The van der Waals surface area contributed by atoms with Crippen LogP contribution in [0, 0.1) is 19.7 Å². The van der Waals surface area contributed by atoms with Crippen LogP contribution in [0.3, 0.4) is 0 Å². The summed E-state index contributed by atoms with van der Waals surface area (Å²) in [5, 5.41) is 0. The van der Waals surface area contributed by atoms with E-state index in [9.17, 15) is 4.39 Å². The van der Waals surface area contributed by atoms with E-state index in [4.69, 9.17) is 5.84 Å². The van der Waals surface area contributed by atoms with Crippen LogP contribution < -0.4 is 11.3 Å². The van der Waals surface area contributed by atoms with Crippen molar-refractivity contribution in [2.24, 2.45) is 12.9 Å². The van der Waals surface area contributed by atoms with Gasteiger partial charge in [0, 0.05) is 25.0 Å². The highest BCUT2D eigenvalue weighted by Gasteiger charge is 2.22. The molecule has 1 aromatic heterocycles. The molecular formula is C13H17FN4. The largest absolute Gasteiger partial charge is 0.336 e. The van der Waals surface area contributed by atoms with Gasteiger partial charge in [-0.3, -0.25) is 5.84 Å². The highest BCUT2D eigenvalue weighted by Crippen LogP contribution is 2.26. The molecule has 5 heteroatoms. The van der Waals surface area contributed by atoms with Crippen molar-refractivity contribution in [2.75, 3.05) is 0 Å². The first-order valence-corrected chi connectivity index (χ1v) is 5.74. The maximum Gasteiger partial charge on any atom is 0.131 e. The normalized spacial score (nSPS) is 12.7. The number of benzene rings is 1. The van der Waals surface area contributed by atoms with Gasteiger partial charge >= 0.3 is 0 Å². The van der Waals surface area contributed by atoms with Crippen molar-refractivity contribution in [2.45, 2.75) is 19.9 Å². The topological polar surface area (TPSA) is 55.9 Å². The van der Waals surface area contributed by atoms with Crippen LogP contribution in [0.2, 0.25) is 0 Å². The molecule has 0 bridgehead atoms. The van der Waals surface area contributed by atoms with Gasteiger partial charge < -0.3 is 4.57 Å². The van der Waals surface area contributed by atoms with Crippen molar-refractivity contribution in [3.63, 3.8) is 0 Å². The molecule has 0 fully saturated rings. The molecule has 1 unspecified atom stereocenters. The number of halogens is 1. The van der Waals surface area contributed by atoms with E-state index in [0.717, 1.165) is 11.1 Å². The van der Waals surface area contributed by atoms with Crippen molar-refractivity contribution >= 4 is 0 Å². The van der Waals surface area contributed by atoms with Crippen LogP contribution in [0.4, 0.5) is 4.39 Å². The lowest BCUT2D eigenvalue weighted by molar-refractivity contribution is 0.529. The number of aromatic nitrogens is 2. The number of aryl methyl sites for hydroxylation is 3. The highest BCUT2D eigenvalue weighted by molar-refractivity contribution is 5.37. The average Bonchev–Trinajstić information content (AvgIpc) is 2.69.